The van der Waals surface area contributed by atoms with Crippen molar-refractivity contribution < 1.29 is 0 Å². The maximum atomic E-state index is 5.99. The summed E-state index contributed by atoms with van der Waals surface area (Å²) >= 11 is 7.57. The van der Waals surface area contributed by atoms with Gasteiger partial charge in [-0.05, 0) is 40.3 Å². The number of benzene rings is 2. The van der Waals surface area contributed by atoms with Crippen LogP contribution in [0.3, 0.4) is 0 Å². The Bertz CT molecular complexity index is 714. The molecule has 0 saturated carbocycles. The van der Waals surface area contributed by atoms with Crippen LogP contribution in [-0.2, 0) is 6.54 Å². The third kappa shape index (κ3) is 2.88. The highest BCUT2D eigenvalue weighted by Crippen LogP contribution is 2.25. The normalized spacial score (nSPS) is 12.7. The summed E-state index contributed by atoms with van der Waals surface area (Å²) in [6, 6.07) is 17.3. The van der Waals surface area contributed by atoms with Gasteiger partial charge in [-0.25, -0.2) is 0 Å². The van der Waals surface area contributed by atoms with Crippen molar-refractivity contribution >= 4 is 33.7 Å². The molecule has 3 heteroatoms. The second-order valence-corrected chi connectivity index (χ2v) is 6.47. The van der Waals surface area contributed by atoms with Gasteiger partial charge in [0.1, 0.15) is 0 Å². The van der Waals surface area contributed by atoms with Crippen molar-refractivity contribution in [3.8, 4) is 0 Å². The standard InChI is InChI=1S/C17H16ClNS/c1-12(15-9-17(18)20-11-15)19-10-14-7-4-6-13-5-2-3-8-16(13)14/h2-9,11-12,19H,10H2,1H3. The lowest BCUT2D eigenvalue weighted by Gasteiger charge is -2.14. The van der Waals surface area contributed by atoms with Gasteiger partial charge in [-0.2, -0.15) is 0 Å². The molecule has 0 bridgehead atoms. The lowest BCUT2D eigenvalue weighted by atomic mass is 10.0. The Morgan fingerprint density at radius 2 is 1.95 bits per heavy atom. The molecule has 3 aromatic rings. The van der Waals surface area contributed by atoms with Crippen LogP contribution in [-0.4, -0.2) is 0 Å². The summed E-state index contributed by atoms with van der Waals surface area (Å²) in [4.78, 5) is 0. The molecule has 0 amide bonds. The minimum absolute atomic E-state index is 0.303. The van der Waals surface area contributed by atoms with Crippen LogP contribution in [0.5, 0.6) is 0 Å². The Morgan fingerprint density at radius 1 is 1.15 bits per heavy atom. The smallest absolute Gasteiger partial charge is 0.0931 e. The Kier molecular flexibility index (Phi) is 4.06. The molecule has 1 nitrogen and oxygen atoms in total. The first kappa shape index (κ1) is 13.6. The molecule has 0 aliphatic rings. The Morgan fingerprint density at radius 3 is 2.75 bits per heavy atom. The number of hydrogen-bond donors (Lipinski definition) is 1. The summed E-state index contributed by atoms with van der Waals surface area (Å²) in [5, 5.41) is 8.29. The van der Waals surface area contributed by atoms with Gasteiger partial charge < -0.3 is 5.32 Å². The lowest BCUT2D eigenvalue weighted by molar-refractivity contribution is 0.578. The van der Waals surface area contributed by atoms with Crippen molar-refractivity contribution in [3.05, 3.63) is 69.4 Å². The SMILES string of the molecule is CC(NCc1cccc2ccccc12)c1csc(Cl)c1. The summed E-state index contributed by atoms with van der Waals surface area (Å²) < 4.78 is 0.846. The van der Waals surface area contributed by atoms with Crippen LogP contribution in [0.25, 0.3) is 10.8 Å². The van der Waals surface area contributed by atoms with Crippen molar-refractivity contribution in [2.75, 3.05) is 0 Å². The van der Waals surface area contributed by atoms with Crippen molar-refractivity contribution in [2.24, 2.45) is 0 Å². The first-order valence-corrected chi connectivity index (χ1v) is 7.94. The van der Waals surface area contributed by atoms with Gasteiger partial charge >= 0.3 is 0 Å². The third-order valence-corrected chi connectivity index (χ3v) is 4.68. The summed E-state index contributed by atoms with van der Waals surface area (Å²) in [5.41, 5.74) is 2.58. The molecule has 0 aliphatic heterocycles. The van der Waals surface area contributed by atoms with E-state index in [1.807, 2.05) is 6.07 Å². The number of rotatable bonds is 4. The number of fused-ring (bicyclic) bond motifs is 1. The minimum Gasteiger partial charge on any atom is -0.306 e. The van der Waals surface area contributed by atoms with E-state index < -0.39 is 0 Å². The second-order valence-electron chi connectivity index (χ2n) is 4.93. The van der Waals surface area contributed by atoms with Crippen LogP contribution >= 0.6 is 22.9 Å². The molecule has 20 heavy (non-hydrogen) atoms. The van der Waals surface area contributed by atoms with E-state index in [1.54, 1.807) is 11.3 Å². The quantitative estimate of drug-likeness (QED) is 0.680. The molecule has 0 saturated heterocycles. The summed E-state index contributed by atoms with van der Waals surface area (Å²) in [6.07, 6.45) is 0. The van der Waals surface area contributed by atoms with E-state index in [1.165, 1.54) is 21.9 Å². The largest absolute Gasteiger partial charge is 0.306 e. The van der Waals surface area contributed by atoms with Crippen LogP contribution in [0.2, 0.25) is 4.34 Å². The highest BCUT2D eigenvalue weighted by Gasteiger charge is 2.08. The number of thiophene rings is 1. The molecule has 1 atom stereocenters. The van der Waals surface area contributed by atoms with Crippen LogP contribution in [0.1, 0.15) is 24.1 Å². The van der Waals surface area contributed by atoms with Gasteiger partial charge in [-0.3, -0.25) is 0 Å². The fourth-order valence-electron chi connectivity index (χ4n) is 2.38. The van der Waals surface area contributed by atoms with Gasteiger partial charge in [0.25, 0.3) is 0 Å². The van der Waals surface area contributed by atoms with Crippen molar-refractivity contribution in [1.82, 2.24) is 5.32 Å². The maximum absolute atomic E-state index is 5.99. The Balaban J connectivity index is 1.77. The molecule has 1 heterocycles. The molecule has 0 aliphatic carbocycles. The minimum atomic E-state index is 0.303. The average molecular weight is 302 g/mol. The molecule has 0 spiro atoms. The van der Waals surface area contributed by atoms with Gasteiger partial charge in [0, 0.05) is 12.6 Å². The van der Waals surface area contributed by atoms with Gasteiger partial charge in [-0.1, -0.05) is 54.1 Å². The van der Waals surface area contributed by atoms with E-state index in [-0.39, 0.29) is 0 Å². The molecular weight excluding hydrogens is 286 g/mol. The zero-order valence-electron chi connectivity index (χ0n) is 11.3. The zero-order chi connectivity index (χ0) is 13.9. The molecule has 2 aromatic carbocycles. The molecule has 1 N–H and O–H groups in total. The number of nitrogens with one attached hydrogen (secondary N) is 1. The van der Waals surface area contributed by atoms with Crippen LogP contribution in [0.15, 0.2) is 53.9 Å². The molecular formula is C17H16ClNS. The maximum Gasteiger partial charge on any atom is 0.0931 e. The van der Waals surface area contributed by atoms with Gasteiger partial charge in [0.2, 0.25) is 0 Å². The van der Waals surface area contributed by atoms with Gasteiger partial charge in [-0.15, -0.1) is 11.3 Å². The monoisotopic (exact) mass is 301 g/mol. The Labute approximate surface area is 128 Å². The van der Waals surface area contributed by atoms with E-state index >= 15 is 0 Å². The average Bonchev–Trinajstić information content (AvgIpc) is 2.91. The highest BCUT2D eigenvalue weighted by molar-refractivity contribution is 7.14. The third-order valence-electron chi connectivity index (χ3n) is 3.57. The van der Waals surface area contributed by atoms with E-state index in [0.29, 0.717) is 6.04 Å². The van der Waals surface area contributed by atoms with Crippen molar-refractivity contribution in [3.63, 3.8) is 0 Å². The fraction of sp³-hybridized carbons (Fsp3) is 0.176. The Hall–Kier alpha value is -1.35. The lowest BCUT2D eigenvalue weighted by Crippen LogP contribution is -2.17. The molecule has 102 valence electrons. The second kappa shape index (κ2) is 5.96. The zero-order valence-corrected chi connectivity index (χ0v) is 12.8. The first-order valence-electron chi connectivity index (χ1n) is 6.68. The predicted octanol–water partition coefficient (Wildman–Crippen LogP) is 5.41. The molecule has 0 radical (unpaired) electrons. The summed E-state index contributed by atoms with van der Waals surface area (Å²) in [7, 11) is 0. The van der Waals surface area contributed by atoms with Crippen molar-refractivity contribution in [1.29, 1.82) is 0 Å². The highest BCUT2D eigenvalue weighted by atomic mass is 35.5. The molecule has 1 aromatic heterocycles. The van der Waals surface area contributed by atoms with E-state index in [9.17, 15) is 0 Å². The topological polar surface area (TPSA) is 12.0 Å². The molecule has 3 rings (SSSR count). The van der Waals surface area contributed by atoms with E-state index in [4.69, 9.17) is 11.6 Å². The predicted molar refractivity (Wildman–Crippen MR) is 88.5 cm³/mol. The first-order chi connectivity index (χ1) is 9.74. The van der Waals surface area contributed by atoms with Crippen LogP contribution < -0.4 is 5.32 Å². The fourth-order valence-corrected chi connectivity index (χ4v) is 3.36. The molecule has 1 unspecified atom stereocenters. The van der Waals surface area contributed by atoms with Gasteiger partial charge in [0.15, 0.2) is 0 Å². The van der Waals surface area contributed by atoms with Crippen LogP contribution in [0.4, 0.5) is 0 Å². The summed E-state index contributed by atoms with van der Waals surface area (Å²) in [5.74, 6) is 0. The summed E-state index contributed by atoms with van der Waals surface area (Å²) in [6.45, 7) is 3.03. The number of hydrogen-bond acceptors (Lipinski definition) is 2. The van der Waals surface area contributed by atoms with Crippen LogP contribution in [0, 0.1) is 0 Å². The van der Waals surface area contributed by atoms with E-state index in [0.717, 1.165) is 10.9 Å². The number of halogens is 1. The van der Waals surface area contributed by atoms with Gasteiger partial charge in [0.05, 0.1) is 4.34 Å². The van der Waals surface area contributed by atoms with Crippen molar-refractivity contribution in [2.45, 2.75) is 19.5 Å². The molecule has 0 fully saturated rings. The van der Waals surface area contributed by atoms with E-state index in [2.05, 4.69) is 60.1 Å².